The first-order valence-corrected chi connectivity index (χ1v) is 19.1. The molecule has 0 bridgehead atoms. The number of anilines is 3. The van der Waals surface area contributed by atoms with Gasteiger partial charge in [0, 0.05) is 33.4 Å². The maximum atomic E-state index is 6.39. The summed E-state index contributed by atoms with van der Waals surface area (Å²) in [5.74, 6) is 0. The van der Waals surface area contributed by atoms with E-state index >= 15 is 0 Å². The van der Waals surface area contributed by atoms with Crippen LogP contribution in [0, 0.1) is 0 Å². The van der Waals surface area contributed by atoms with Gasteiger partial charge in [0.05, 0.1) is 0 Å². The highest BCUT2D eigenvalue weighted by Gasteiger charge is 2.19. The van der Waals surface area contributed by atoms with Crippen molar-refractivity contribution < 1.29 is 4.42 Å². The molecule has 56 heavy (non-hydrogen) atoms. The molecule has 10 aromatic rings. The normalized spacial score (nSPS) is 11.2. The first-order valence-electron chi connectivity index (χ1n) is 19.1. The van der Waals surface area contributed by atoms with Gasteiger partial charge in [0.15, 0.2) is 0 Å². The van der Waals surface area contributed by atoms with Gasteiger partial charge in [-0.25, -0.2) is 0 Å². The number of hydrogen-bond donors (Lipinski definition) is 0. The molecule has 9 aromatic carbocycles. The second kappa shape index (κ2) is 14.4. The summed E-state index contributed by atoms with van der Waals surface area (Å²) in [6.07, 6.45) is 0. The van der Waals surface area contributed by atoms with Gasteiger partial charge in [0.2, 0.25) is 0 Å². The van der Waals surface area contributed by atoms with E-state index in [4.69, 9.17) is 4.42 Å². The number of nitrogens with zero attached hydrogens (tertiary/aromatic N) is 1. The molecule has 0 spiro atoms. The molecular formula is C54H37NO. The van der Waals surface area contributed by atoms with Crippen molar-refractivity contribution in [3.63, 3.8) is 0 Å². The highest BCUT2D eigenvalue weighted by atomic mass is 16.3. The van der Waals surface area contributed by atoms with Crippen molar-refractivity contribution in [2.75, 3.05) is 4.90 Å². The van der Waals surface area contributed by atoms with Gasteiger partial charge in [0.1, 0.15) is 11.2 Å². The molecule has 0 atom stereocenters. The van der Waals surface area contributed by atoms with Crippen molar-refractivity contribution in [1.29, 1.82) is 0 Å². The van der Waals surface area contributed by atoms with E-state index in [1.54, 1.807) is 0 Å². The topological polar surface area (TPSA) is 16.4 Å². The summed E-state index contributed by atoms with van der Waals surface area (Å²) < 4.78 is 6.39. The van der Waals surface area contributed by atoms with Crippen LogP contribution in [0.15, 0.2) is 229 Å². The minimum Gasteiger partial charge on any atom is -0.455 e. The summed E-state index contributed by atoms with van der Waals surface area (Å²) in [5, 5.41) is 2.27. The molecule has 0 saturated heterocycles. The molecule has 0 fully saturated rings. The SMILES string of the molecule is c1ccc(-c2ccccc2-c2c(-c3ccccc3)cccc2-c2ccc(N(c3ccccc3)c3ccc(-c4cccc5c4oc4ccccc45)cc3)cc2)cc1. The molecule has 0 N–H and O–H groups in total. The molecule has 0 unspecified atom stereocenters. The van der Waals surface area contributed by atoms with Crippen LogP contribution in [0.25, 0.3) is 77.6 Å². The summed E-state index contributed by atoms with van der Waals surface area (Å²) >= 11 is 0. The third-order valence-corrected chi connectivity index (χ3v) is 10.7. The van der Waals surface area contributed by atoms with Gasteiger partial charge in [0.25, 0.3) is 0 Å². The van der Waals surface area contributed by atoms with Crippen LogP contribution in [-0.4, -0.2) is 0 Å². The Morgan fingerprint density at radius 3 is 1.32 bits per heavy atom. The van der Waals surface area contributed by atoms with Crippen LogP contribution in [0.2, 0.25) is 0 Å². The molecule has 0 aliphatic rings. The number of para-hydroxylation sites is 3. The van der Waals surface area contributed by atoms with Crippen LogP contribution in [0.3, 0.4) is 0 Å². The number of rotatable bonds is 8. The van der Waals surface area contributed by atoms with E-state index in [2.05, 4.69) is 217 Å². The van der Waals surface area contributed by atoms with E-state index in [0.717, 1.165) is 55.7 Å². The fourth-order valence-corrected chi connectivity index (χ4v) is 8.09. The predicted octanol–water partition coefficient (Wildman–Crippen LogP) is 15.4. The van der Waals surface area contributed by atoms with Crippen molar-refractivity contribution in [1.82, 2.24) is 0 Å². The Balaban J connectivity index is 1.07. The second-order valence-electron chi connectivity index (χ2n) is 14.1. The number of fused-ring (bicyclic) bond motifs is 3. The van der Waals surface area contributed by atoms with Crippen LogP contribution in [0.4, 0.5) is 17.1 Å². The quantitative estimate of drug-likeness (QED) is 0.156. The molecule has 1 aromatic heterocycles. The molecule has 0 aliphatic heterocycles. The maximum absolute atomic E-state index is 6.39. The molecule has 264 valence electrons. The van der Waals surface area contributed by atoms with Gasteiger partial charge in [-0.15, -0.1) is 0 Å². The Labute approximate surface area is 327 Å². The molecule has 1 heterocycles. The molecule has 0 saturated carbocycles. The monoisotopic (exact) mass is 715 g/mol. The number of benzene rings is 9. The van der Waals surface area contributed by atoms with Gasteiger partial charge in [-0.05, 0) is 92.5 Å². The summed E-state index contributed by atoms with van der Waals surface area (Å²) in [7, 11) is 0. The van der Waals surface area contributed by atoms with Crippen molar-refractivity contribution in [3.8, 4) is 55.6 Å². The van der Waals surface area contributed by atoms with Crippen molar-refractivity contribution in [2.45, 2.75) is 0 Å². The lowest BCUT2D eigenvalue weighted by molar-refractivity contribution is 0.670. The fourth-order valence-electron chi connectivity index (χ4n) is 8.09. The lowest BCUT2D eigenvalue weighted by Crippen LogP contribution is -2.09. The van der Waals surface area contributed by atoms with Crippen molar-refractivity contribution in [3.05, 3.63) is 224 Å². The van der Waals surface area contributed by atoms with Crippen LogP contribution < -0.4 is 4.90 Å². The predicted molar refractivity (Wildman–Crippen MR) is 236 cm³/mol. The number of furan rings is 1. The molecule has 0 amide bonds. The van der Waals surface area contributed by atoms with Crippen molar-refractivity contribution >= 4 is 39.0 Å². The zero-order valence-electron chi connectivity index (χ0n) is 30.7. The second-order valence-corrected chi connectivity index (χ2v) is 14.1. The zero-order chi connectivity index (χ0) is 37.3. The van der Waals surface area contributed by atoms with Gasteiger partial charge >= 0.3 is 0 Å². The van der Waals surface area contributed by atoms with E-state index in [-0.39, 0.29) is 0 Å². The van der Waals surface area contributed by atoms with E-state index in [0.29, 0.717) is 0 Å². The summed E-state index contributed by atoms with van der Waals surface area (Å²) in [5.41, 5.74) is 16.9. The van der Waals surface area contributed by atoms with Gasteiger partial charge < -0.3 is 9.32 Å². The van der Waals surface area contributed by atoms with Crippen LogP contribution >= 0.6 is 0 Å². The average molecular weight is 716 g/mol. The van der Waals surface area contributed by atoms with Crippen molar-refractivity contribution in [2.24, 2.45) is 0 Å². The molecule has 2 nitrogen and oxygen atoms in total. The third kappa shape index (κ3) is 6.04. The standard InChI is InChI=1S/C54H37NO/c1-4-16-38(17-5-1)45-22-10-11-24-50(45)53-46(39-18-6-2-7-19-39)25-14-26-47(53)40-30-34-43(35-31-40)55(42-20-8-3-9-21-42)44-36-32-41(33-37-44)48-27-15-28-51-49-23-12-13-29-52(49)56-54(48)51/h1-37H. The first kappa shape index (κ1) is 33.2. The smallest absolute Gasteiger partial charge is 0.143 e. The lowest BCUT2D eigenvalue weighted by atomic mass is 9.84. The van der Waals surface area contributed by atoms with E-state index in [1.807, 2.05) is 12.1 Å². The first-order chi connectivity index (χ1) is 27.8. The Morgan fingerprint density at radius 1 is 0.268 bits per heavy atom. The highest BCUT2D eigenvalue weighted by Crippen LogP contribution is 2.45. The van der Waals surface area contributed by atoms with Crippen LogP contribution in [0.1, 0.15) is 0 Å². The summed E-state index contributed by atoms with van der Waals surface area (Å²) in [6, 6.07) is 80.0. The third-order valence-electron chi connectivity index (χ3n) is 10.7. The fraction of sp³-hybridized carbons (Fsp3) is 0. The van der Waals surface area contributed by atoms with E-state index < -0.39 is 0 Å². The minimum atomic E-state index is 0.907. The van der Waals surface area contributed by atoms with E-state index in [9.17, 15) is 0 Å². The summed E-state index contributed by atoms with van der Waals surface area (Å²) in [6.45, 7) is 0. The Bertz CT molecular complexity index is 2930. The van der Waals surface area contributed by atoms with Crippen LogP contribution in [-0.2, 0) is 0 Å². The Kier molecular flexibility index (Phi) is 8.55. The van der Waals surface area contributed by atoms with Crippen LogP contribution in [0.5, 0.6) is 0 Å². The molecule has 0 radical (unpaired) electrons. The van der Waals surface area contributed by atoms with E-state index in [1.165, 1.54) is 38.9 Å². The van der Waals surface area contributed by atoms with Gasteiger partial charge in [-0.1, -0.05) is 182 Å². The highest BCUT2D eigenvalue weighted by molar-refractivity contribution is 6.09. The van der Waals surface area contributed by atoms with Gasteiger partial charge in [-0.2, -0.15) is 0 Å². The minimum absolute atomic E-state index is 0.907. The lowest BCUT2D eigenvalue weighted by Gasteiger charge is -2.26. The molecule has 0 aliphatic carbocycles. The molecule has 2 heteroatoms. The Morgan fingerprint density at radius 2 is 0.679 bits per heavy atom. The summed E-state index contributed by atoms with van der Waals surface area (Å²) in [4.78, 5) is 2.32. The van der Waals surface area contributed by atoms with Gasteiger partial charge in [-0.3, -0.25) is 0 Å². The average Bonchev–Trinajstić information content (AvgIpc) is 3.67. The largest absolute Gasteiger partial charge is 0.455 e. The molecular weight excluding hydrogens is 679 g/mol. The molecule has 10 rings (SSSR count). The zero-order valence-corrected chi connectivity index (χ0v) is 30.7. The maximum Gasteiger partial charge on any atom is 0.143 e. The Hall–Kier alpha value is -7.42. The number of hydrogen-bond acceptors (Lipinski definition) is 2.